The second kappa shape index (κ2) is 12.3. The average Bonchev–Trinajstić information content (AvgIpc) is 2.91. The van der Waals surface area contributed by atoms with Gasteiger partial charge in [-0.25, -0.2) is 0 Å². The first kappa shape index (κ1) is 26.7. The Balaban J connectivity index is 1.71. The number of alkyl halides is 3. The van der Waals surface area contributed by atoms with Crippen LogP contribution in [0.1, 0.15) is 30.1 Å². The summed E-state index contributed by atoms with van der Waals surface area (Å²) in [6, 6.07) is 32.2. The number of pyridine rings is 1. The maximum atomic E-state index is 13.8. The molecule has 0 unspecified atom stereocenters. The number of halogens is 3. The lowest BCUT2D eigenvalue weighted by atomic mass is 10.0. The predicted molar refractivity (Wildman–Crippen MR) is 159 cm³/mol. The van der Waals surface area contributed by atoms with Gasteiger partial charge in [0, 0.05) is 30.7 Å². The summed E-state index contributed by atoms with van der Waals surface area (Å²) >= 11 is 10.4. The lowest BCUT2D eigenvalue weighted by molar-refractivity contribution is -0.117. The number of hydrogen-bond acceptors (Lipinski definition) is 3. The number of aromatic nitrogens is 1. The molecule has 3 aromatic carbocycles. The SMILES string of the molecule is C[C@H](NC[C@@H](c1cccnc1)N(C(=O)C(Br)(Br)Br)c1ccc(-c2ccccc2)cc1)c1ccccc1. The fraction of sp³-hybridized carbons (Fsp3) is 0.172. The first-order chi connectivity index (χ1) is 17.3. The maximum absolute atomic E-state index is 13.8. The molecule has 4 aromatic rings. The van der Waals surface area contributed by atoms with Crippen molar-refractivity contribution in [3.8, 4) is 11.1 Å². The van der Waals surface area contributed by atoms with Crippen molar-refractivity contribution in [3.63, 3.8) is 0 Å². The van der Waals surface area contributed by atoms with E-state index in [2.05, 4.69) is 89.3 Å². The summed E-state index contributed by atoms with van der Waals surface area (Å²) in [7, 11) is 0. The summed E-state index contributed by atoms with van der Waals surface area (Å²) in [4.78, 5) is 19.9. The molecule has 184 valence electrons. The fourth-order valence-electron chi connectivity index (χ4n) is 4.10. The summed E-state index contributed by atoms with van der Waals surface area (Å²) in [6.07, 6.45) is 3.56. The summed E-state index contributed by atoms with van der Waals surface area (Å²) in [6.45, 7) is 2.65. The molecule has 0 radical (unpaired) electrons. The Morgan fingerprint density at radius 3 is 2.00 bits per heavy atom. The number of carbonyl (C=O) groups is 1. The highest BCUT2D eigenvalue weighted by Crippen LogP contribution is 2.40. The number of anilines is 1. The summed E-state index contributed by atoms with van der Waals surface area (Å²) < 4.78 is -1.11. The van der Waals surface area contributed by atoms with Crippen LogP contribution in [0.5, 0.6) is 0 Å². The van der Waals surface area contributed by atoms with Crippen LogP contribution in [0.25, 0.3) is 11.1 Å². The predicted octanol–water partition coefficient (Wildman–Crippen LogP) is 8.01. The van der Waals surface area contributed by atoms with Crippen LogP contribution in [0.15, 0.2) is 109 Å². The Hall–Kier alpha value is -2.32. The molecular formula is C29H26Br3N3O. The van der Waals surface area contributed by atoms with Gasteiger partial charge in [0.05, 0.1) is 6.04 Å². The minimum Gasteiger partial charge on any atom is -0.308 e. The van der Waals surface area contributed by atoms with Crippen molar-refractivity contribution in [2.75, 3.05) is 11.4 Å². The first-order valence-corrected chi connectivity index (χ1v) is 14.0. The molecule has 1 N–H and O–H groups in total. The van der Waals surface area contributed by atoms with E-state index in [1.807, 2.05) is 79.0 Å². The van der Waals surface area contributed by atoms with Gasteiger partial charge in [0.15, 0.2) is 0 Å². The highest BCUT2D eigenvalue weighted by Gasteiger charge is 2.38. The molecule has 1 aromatic heterocycles. The van der Waals surface area contributed by atoms with Crippen LogP contribution in [-0.2, 0) is 4.79 Å². The topological polar surface area (TPSA) is 45.2 Å². The van der Waals surface area contributed by atoms with E-state index in [1.165, 1.54) is 5.56 Å². The van der Waals surface area contributed by atoms with Gasteiger partial charge in [0.1, 0.15) is 0 Å². The molecule has 0 saturated heterocycles. The van der Waals surface area contributed by atoms with Gasteiger partial charge >= 0.3 is 0 Å². The molecule has 0 bridgehead atoms. The van der Waals surface area contributed by atoms with Crippen LogP contribution in [0, 0.1) is 0 Å². The van der Waals surface area contributed by atoms with E-state index in [1.54, 1.807) is 11.1 Å². The third-order valence-corrected chi connectivity index (χ3v) is 7.03. The number of benzene rings is 3. The van der Waals surface area contributed by atoms with Crippen molar-refractivity contribution >= 4 is 59.4 Å². The number of rotatable bonds is 8. The Morgan fingerprint density at radius 1 is 0.833 bits per heavy atom. The molecule has 4 rings (SSSR count). The molecule has 2 atom stereocenters. The smallest absolute Gasteiger partial charge is 0.266 e. The van der Waals surface area contributed by atoms with Gasteiger partial charge in [-0.15, -0.1) is 0 Å². The third-order valence-electron chi connectivity index (χ3n) is 6.01. The van der Waals surface area contributed by atoms with Gasteiger partial charge < -0.3 is 10.2 Å². The molecular weight excluding hydrogens is 646 g/mol. The maximum Gasteiger partial charge on any atom is 0.266 e. The van der Waals surface area contributed by atoms with Crippen LogP contribution in [0.3, 0.4) is 0 Å². The van der Waals surface area contributed by atoms with E-state index in [0.29, 0.717) is 6.54 Å². The zero-order valence-corrected chi connectivity index (χ0v) is 24.4. The highest BCUT2D eigenvalue weighted by molar-refractivity contribution is 9.40. The fourth-order valence-corrected chi connectivity index (χ4v) is 4.67. The van der Waals surface area contributed by atoms with Gasteiger partial charge in [0.2, 0.25) is 2.14 Å². The van der Waals surface area contributed by atoms with Crippen LogP contribution >= 0.6 is 47.8 Å². The van der Waals surface area contributed by atoms with Crippen molar-refractivity contribution in [1.29, 1.82) is 0 Å². The highest BCUT2D eigenvalue weighted by atomic mass is 80.0. The number of nitrogens with zero attached hydrogens (tertiary/aromatic N) is 2. The molecule has 0 aliphatic rings. The largest absolute Gasteiger partial charge is 0.308 e. The first-order valence-electron chi connectivity index (χ1n) is 11.6. The van der Waals surface area contributed by atoms with Crippen LogP contribution in [0.2, 0.25) is 0 Å². The number of hydrogen-bond donors (Lipinski definition) is 1. The Kier molecular flexibility index (Phi) is 9.12. The Bertz CT molecular complexity index is 1250. The van der Waals surface area contributed by atoms with Gasteiger partial charge in [-0.3, -0.25) is 9.78 Å². The van der Waals surface area contributed by atoms with E-state index in [4.69, 9.17) is 0 Å². The molecule has 0 spiro atoms. The Labute approximate surface area is 237 Å². The molecule has 4 nitrogen and oxygen atoms in total. The van der Waals surface area contributed by atoms with Gasteiger partial charge in [-0.1, -0.05) is 78.9 Å². The molecule has 1 amide bonds. The number of amides is 1. The second-order valence-corrected chi connectivity index (χ2v) is 15.2. The van der Waals surface area contributed by atoms with E-state index in [9.17, 15) is 4.79 Å². The quantitative estimate of drug-likeness (QED) is 0.193. The van der Waals surface area contributed by atoms with Crippen molar-refractivity contribution in [3.05, 3.63) is 121 Å². The van der Waals surface area contributed by atoms with Gasteiger partial charge in [-0.05, 0) is 95.2 Å². The average molecular weight is 672 g/mol. The molecule has 36 heavy (non-hydrogen) atoms. The summed E-state index contributed by atoms with van der Waals surface area (Å²) in [5.74, 6) is -0.182. The monoisotopic (exact) mass is 669 g/mol. The molecule has 0 aliphatic heterocycles. The number of carbonyl (C=O) groups excluding carboxylic acids is 1. The lowest BCUT2D eigenvalue weighted by Crippen LogP contribution is -2.45. The number of nitrogens with one attached hydrogen (secondary N) is 1. The van der Waals surface area contributed by atoms with E-state index >= 15 is 0 Å². The van der Waals surface area contributed by atoms with Crippen molar-refractivity contribution in [2.45, 2.75) is 21.2 Å². The van der Waals surface area contributed by atoms with Crippen molar-refractivity contribution in [2.24, 2.45) is 0 Å². The minimum absolute atomic E-state index is 0.101. The van der Waals surface area contributed by atoms with Crippen molar-refractivity contribution < 1.29 is 4.79 Å². The van der Waals surface area contributed by atoms with E-state index < -0.39 is 2.14 Å². The second-order valence-electron chi connectivity index (χ2n) is 8.43. The minimum atomic E-state index is -1.11. The standard InChI is InChI=1S/C29H26Br3N3O/c1-21(22-9-4-2-5-10-22)34-20-27(25-13-8-18-33-19-25)35(28(36)29(30,31)32)26-16-14-24(15-17-26)23-11-6-3-7-12-23/h2-19,21,27,34H,20H2,1H3/t21-,27-/m0/s1. The summed E-state index contributed by atoms with van der Waals surface area (Å²) in [5, 5.41) is 3.62. The van der Waals surface area contributed by atoms with E-state index in [-0.39, 0.29) is 18.0 Å². The molecule has 0 saturated carbocycles. The molecule has 1 heterocycles. The third kappa shape index (κ3) is 6.71. The van der Waals surface area contributed by atoms with E-state index in [0.717, 1.165) is 22.4 Å². The normalized spacial score (nSPS) is 13.1. The molecule has 7 heteroatoms. The van der Waals surface area contributed by atoms with Crippen molar-refractivity contribution in [1.82, 2.24) is 10.3 Å². The van der Waals surface area contributed by atoms with Crippen LogP contribution in [0.4, 0.5) is 5.69 Å². The zero-order valence-electron chi connectivity index (χ0n) is 19.7. The Morgan fingerprint density at radius 2 is 1.42 bits per heavy atom. The lowest BCUT2D eigenvalue weighted by Gasteiger charge is -2.35. The molecule has 0 aliphatic carbocycles. The van der Waals surface area contributed by atoms with Crippen LogP contribution < -0.4 is 10.2 Å². The van der Waals surface area contributed by atoms with Gasteiger partial charge in [0.25, 0.3) is 5.91 Å². The zero-order chi connectivity index (χ0) is 25.5. The van der Waals surface area contributed by atoms with Crippen LogP contribution in [-0.4, -0.2) is 19.6 Å². The molecule has 0 fully saturated rings. The summed E-state index contributed by atoms with van der Waals surface area (Å²) in [5.41, 5.74) is 5.11. The van der Waals surface area contributed by atoms with Gasteiger partial charge in [-0.2, -0.15) is 0 Å².